The molecule has 0 saturated heterocycles. The standard InChI is InChI=1S/C15H24N4/c1-10(2)15(9-16)19(5)12-6-7-14-13(8-12)17-11(3)18(14)4/h6-8,10,15H,9,16H2,1-5H3. The third kappa shape index (κ3) is 2.45. The van der Waals surface area contributed by atoms with Crippen LogP contribution >= 0.6 is 0 Å². The fraction of sp³-hybridized carbons (Fsp3) is 0.533. The molecule has 0 bridgehead atoms. The average molecular weight is 260 g/mol. The van der Waals surface area contributed by atoms with Gasteiger partial charge in [0.05, 0.1) is 11.0 Å². The Morgan fingerprint density at radius 1 is 1.37 bits per heavy atom. The molecule has 4 heteroatoms. The van der Waals surface area contributed by atoms with E-state index in [0.717, 1.165) is 11.3 Å². The number of benzene rings is 1. The lowest BCUT2D eigenvalue weighted by molar-refractivity contribution is 0.480. The van der Waals surface area contributed by atoms with Crippen LogP contribution in [0.2, 0.25) is 0 Å². The smallest absolute Gasteiger partial charge is 0.106 e. The van der Waals surface area contributed by atoms with Crippen LogP contribution in [0.5, 0.6) is 0 Å². The highest BCUT2D eigenvalue weighted by atomic mass is 15.1. The van der Waals surface area contributed by atoms with Crippen LogP contribution < -0.4 is 10.6 Å². The van der Waals surface area contributed by atoms with Crippen LogP contribution in [0.1, 0.15) is 19.7 Å². The van der Waals surface area contributed by atoms with Crippen LogP contribution in [0.3, 0.4) is 0 Å². The number of likely N-dealkylation sites (N-methyl/N-ethyl adjacent to an activating group) is 1. The molecule has 0 aliphatic rings. The van der Waals surface area contributed by atoms with E-state index in [9.17, 15) is 0 Å². The maximum atomic E-state index is 5.89. The van der Waals surface area contributed by atoms with Gasteiger partial charge in [0, 0.05) is 32.4 Å². The molecular formula is C15H24N4. The molecule has 0 aliphatic heterocycles. The summed E-state index contributed by atoms with van der Waals surface area (Å²) >= 11 is 0. The molecule has 0 radical (unpaired) electrons. The van der Waals surface area contributed by atoms with Crippen molar-refractivity contribution < 1.29 is 0 Å². The lowest BCUT2D eigenvalue weighted by Gasteiger charge is -2.32. The summed E-state index contributed by atoms with van der Waals surface area (Å²) in [6, 6.07) is 6.78. The van der Waals surface area contributed by atoms with E-state index in [4.69, 9.17) is 5.73 Å². The average Bonchev–Trinajstić information content (AvgIpc) is 2.65. The molecule has 1 aromatic heterocycles. The molecule has 0 aliphatic carbocycles. The molecule has 2 rings (SSSR count). The number of imidazole rings is 1. The molecule has 0 fully saturated rings. The number of fused-ring (bicyclic) bond motifs is 1. The summed E-state index contributed by atoms with van der Waals surface area (Å²) < 4.78 is 2.11. The number of rotatable bonds is 4. The Balaban J connectivity index is 2.40. The van der Waals surface area contributed by atoms with Gasteiger partial charge in [-0.05, 0) is 31.0 Å². The van der Waals surface area contributed by atoms with Crippen molar-refractivity contribution in [3.8, 4) is 0 Å². The maximum absolute atomic E-state index is 5.89. The minimum Gasteiger partial charge on any atom is -0.370 e. The number of hydrogen-bond acceptors (Lipinski definition) is 3. The van der Waals surface area contributed by atoms with Crippen molar-refractivity contribution in [1.29, 1.82) is 0 Å². The Kier molecular flexibility index (Phi) is 3.80. The summed E-state index contributed by atoms with van der Waals surface area (Å²) in [6.45, 7) is 7.10. The Bertz CT molecular complexity index is 571. The van der Waals surface area contributed by atoms with Crippen molar-refractivity contribution in [2.75, 3.05) is 18.5 Å². The molecule has 2 N–H and O–H groups in total. The lowest BCUT2D eigenvalue weighted by Crippen LogP contribution is -2.41. The molecule has 19 heavy (non-hydrogen) atoms. The first-order valence-electron chi connectivity index (χ1n) is 6.81. The zero-order chi connectivity index (χ0) is 14.2. The Morgan fingerprint density at radius 3 is 2.63 bits per heavy atom. The molecule has 1 atom stereocenters. The van der Waals surface area contributed by atoms with Crippen molar-refractivity contribution in [2.24, 2.45) is 18.7 Å². The minimum atomic E-state index is 0.349. The summed E-state index contributed by atoms with van der Waals surface area (Å²) in [4.78, 5) is 6.85. The number of aryl methyl sites for hydroxylation is 2. The lowest BCUT2D eigenvalue weighted by atomic mass is 10.0. The van der Waals surface area contributed by atoms with Crippen molar-refractivity contribution in [1.82, 2.24) is 9.55 Å². The van der Waals surface area contributed by atoms with Gasteiger partial charge in [0.1, 0.15) is 5.82 Å². The predicted molar refractivity (Wildman–Crippen MR) is 81.5 cm³/mol. The molecule has 2 aromatic rings. The van der Waals surface area contributed by atoms with Crippen molar-refractivity contribution in [3.05, 3.63) is 24.0 Å². The molecule has 0 amide bonds. The fourth-order valence-corrected chi connectivity index (χ4v) is 2.60. The minimum absolute atomic E-state index is 0.349. The second kappa shape index (κ2) is 5.21. The molecule has 0 saturated carbocycles. The van der Waals surface area contributed by atoms with E-state index in [1.807, 2.05) is 14.0 Å². The van der Waals surface area contributed by atoms with E-state index in [-0.39, 0.29) is 0 Å². The molecule has 1 unspecified atom stereocenters. The fourth-order valence-electron chi connectivity index (χ4n) is 2.60. The van der Waals surface area contributed by atoms with Crippen molar-refractivity contribution in [3.63, 3.8) is 0 Å². The first-order valence-corrected chi connectivity index (χ1v) is 6.81. The summed E-state index contributed by atoms with van der Waals surface area (Å²) in [7, 11) is 4.15. The van der Waals surface area contributed by atoms with Gasteiger partial charge in [0.25, 0.3) is 0 Å². The van der Waals surface area contributed by atoms with E-state index in [1.54, 1.807) is 0 Å². The van der Waals surface area contributed by atoms with Crippen molar-refractivity contribution in [2.45, 2.75) is 26.8 Å². The van der Waals surface area contributed by atoms with Crippen LogP contribution in [-0.2, 0) is 7.05 Å². The first kappa shape index (κ1) is 13.9. The Hall–Kier alpha value is -1.55. The molecule has 104 valence electrons. The maximum Gasteiger partial charge on any atom is 0.106 e. The number of anilines is 1. The van der Waals surface area contributed by atoms with E-state index in [1.165, 1.54) is 11.2 Å². The van der Waals surface area contributed by atoms with Gasteiger partial charge in [0.2, 0.25) is 0 Å². The van der Waals surface area contributed by atoms with Gasteiger partial charge in [-0.15, -0.1) is 0 Å². The highest BCUT2D eigenvalue weighted by Crippen LogP contribution is 2.24. The highest BCUT2D eigenvalue weighted by Gasteiger charge is 2.18. The van der Waals surface area contributed by atoms with Crippen LogP contribution in [-0.4, -0.2) is 29.2 Å². The van der Waals surface area contributed by atoms with Gasteiger partial charge in [-0.25, -0.2) is 4.98 Å². The second-order valence-corrected chi connectivity index (χ2v) is 5.55. The number of aromatic nitrogens is 2. The number of nitrogens with two attached hydrogens (primary N) is 1. The highest BCUT2D eigenvalue weighted by molar-refractivity contribution is 5.80. The second-order valence-electron chi connectivity index (χ2n) is 5.55. The molecular weight excluding hydrogens is 236 g/mol. The Morgan fingerprint density at radius 2 is 2.05 bits per heavy atom. The molecule has 1 heterocycles. The SMILES string of the molecule is Cc1nc2cc(N(C)C(CN)C(C)C)ccc2n1C. The summed E-state index contributed by atoms with van der Waals surface area (Å²) in [5, 5.41) is 0. The predicted octanol–water partition coefficient (Wildman–Crippen LogP) is 2.30. The molecule has 4 nitrogen and oxygen atoms in total. The Labute approximate surface area is 115 Å². The quantitative estimate of drug-likeness (QED) is 0.917. The summed E-state index contributed by atoms with van der Waals surface area (Å²) in [6.07, 6.45) is 0. The largest absolute Gasteiger partial charge is 0.370 e. The van der Waals surface area contributed by atoms with Gasteiger partial charge in [-0.3, -0.25) is 0 Å². The number of nitrogens with zero attached hydrogens (tertiary/aromatic N) is 3. The monoisotopic (exact) mass is 260 g/mol. The molecule has 1 aromatic carbocycles. The van der Waals surface area contributed by atoms with Crippen LogP contribution in [0.4, 0.5) is 5.69 Å². The van der Waals surface area contributed by atoms with E-state index >= 15 is 0 Å². The third-order valence-corrected chi connectivity index (χ3v) is 4.00. The zero-order valence-corrected chi connectivity index (χ0v) is 12.5. The summed E-state index contributed by atoms with van der Waals surface area (Å²) in [5.41, 5.74) is 9.28. The summed E-state index contributed by atoms with van der Waals surface area (Å²) in [5.74, 6) is 1.56. The van der Waals surface area contributed by atoms with Gasteiger partial charge < -0.3 is 15.2 Å². The normalized spacial score (nSPS) is 13.2. The third-order valence-electron chi connectivity index (χ3n) is 4.00. The van der Waals surface area contributed by atoms with Gasteiger partial charge in [-0.2, -0.15) is 0 Å². The zero-order valence-electron chi connectivity index (χ0n) is 12.5. The molecule has 0 spiro atoms. The topological polar surface area (TPSA) is 47.1 Å². The van der Waals surface area contributed by atoms with Crippen LogP contribution in [0.25, 0.3) is 11.0 Å². The van der Waals surface area contributed by atoms with Crippen LogP contribution in [0.15, 0.2) is 18.2 Å². The van der Waals surface area contributed by atoms with Crippen molar-refractivity contribution >= 4 is 16.7 Å². The van der Waals surface area contributed by atoms with Gasteiger partial charge in [0.15, 0.2) is 0 Å². The number of hydrogen-bond donors (Lipinski definition) is 1. The van der Waals surface area contributed by atoms with Crippen LogP contribution in [0, 0.1) is 12.8 Å². The van der Waals surface area contributed by atoms with E-state index in [2.05, 4.69) is 53.5 Å². The van der Waals surface area contributed by atoms with Gasteiger partial charge >= 0.3 is 0 Å². The van der Waals surface area contributed by atoms with E-state index < -0.39 is 0 Å². The van der Waals surface area contributed by atoms with E-state index in [0.29, 0.717) is 18.5 Å². The van der Waals surface area contributed by atoms with Gasteiger partial charge in [-0.1, -0.05) is 13.8 Å². The first-order chi connectivity index (χ1) is 8.95.